The maximum absolute atomic E-state index is 10.7. The Morgan fingerprint density at radius 3 is 3.00 bits per heavy atom. The minimum absolute atomic E-state index is 0.116. The van der Waals surface area contributed by atoms with Crippen molar-refractivity contribution in [3.8, 4) is 0 Å². The van der Waals surface area contributed by atoms with Crippen molar-refractivity contribution < 1.29 is 4.79 Å². The van der Waals surface area contributed by atoms with Gasteiger partial charge in [0.15, 0.2) is 5.12 Å². The van der Waals surface area contributed by atoms with E-state index in [9.17, 15) is 4.79 Å². The van der Waals surface area contributed by atoms with Gasteiger partial charge in [0.05, 0.1) is 11.4 Å². The predicted molar refractivity (Wildman–Crippen MR) is 65.6 cm³/mol. The molecule has 0 atom stereocenters. The van der Waals surface area contributed by atoms with Crippen LogP contribution < -0.4 is 5.73 Å². The van der Waals surface area contributed by atoms with Crippen molar-refractivity contribution in [2.45, 2.75) is 13.8 Å². The third-order valence-electron chi connectivity index (χ3n) is 1.76. The second kappa shape index (κ2) is 5.56. The number of rotatable bonds is 3. The van der Waals surface area contributed by atoms with Gasteiger partial charge in [-0.1, -0.05) is 17.8 Å². The van der Waals surface area contributed by atoms with Gasteiger partial charge in [0.2, 0.25) is 0 Å². The van der Waals surface area contributed by atoms with Crippen LogP contribution in [-0.4, -0.2) is 15.9 Å². The maximum Gasteiger partial charge on any atom is 0.186 e. The average Bonchev–Trinajstić information content (AvgIpc) is 2.17. The first-order chi connectivity index (χ1) is 7.09. The number of carbonyl (C=O) groups is 1. The summed E-state index contributed by atoms with van der Waals surface area (Å²) < 4.78 is 0. The van der Waals surface area contributed by atoms with E-state index in [1.54, 1.807) is 6.92 Å². The van der Waals surface area contributed by atoms with Crippen molar-refractivity contribution in [2.75, 3.05) is 11.5 Å². The Morgan fingerprint density at radius 2 is 2.33 bits per heavy atom. The number of thioether (sulfide) groups is 1. The highest BCUT2D eigenvalue weighted by atomic mass is 32.2. The highest BCUT2D eigenvalue weighted by Gasteiger charge is 1.96. The van der Waals surface area contributed by atoms with E-state index < -0.39 is 0 Å². The van der Waals surface area contributed by atoms with Gasteiger partial charge in [0, 0.05) is 18.4 Å². The molecule has 2 N–H and O–H groups in total. The molecule has 0 unspecified atom stereocenters. The molecule has 0 bridgehead atoms. The van der Waals surface area contributed by atoms with Gasteiger partial charge in [-0.2, -0.15) is 0 Å². The van der Waals surface area contributed by atoms with Crippen LogP contribution in [0.2, 0.25) is 0 Å². The lowest BCUT2D eigenvalue weighted by atomic mass is 10.2. The predicted octanol–water partition coefficient (Wildman–Crippen LogP) is 2.27. The Labute approximate surface area is 93.8 Å². The lowest BCUT2D eigenvalue weighted by Crippen LogP contribution is -1.94. The molecule has 15 heavy (non-hydrogen) atoms. The molecule has 0 aliphatic heterocycles. The SMILES string of the molecule is CC(=O)SCC=Cc1nc(C)ccc1N. The van der Waals surface area contributed by atoms with Crippen LogP contribution in [0.4, 0.5) is 5.69 Å². The Bertz CT molecular complexity index is 388. The molecule has 0 aliphatic carbocycles. The van der Waals surface area contributed by atoms with Gasteiger partial charge in [-0.3, -0.25) is 9.78 Å². The summed E-state index contributed by atoms with van der Waals surface area (Å²) in [6, 6.07) is 3.71. The van der Waals surface area contributed by atoms with E-state index >= 15 is 0 Å². The Kier molecular flexibility index (Phi) is 4.37. The number of nitrogens with zero attached hydrogens (tertiary/aromatic N) is 1. The molecule has 0 saturated carbocycles. The maximum atomic E-state index is 10.7. The minimum atomic E-state index is 0.116. The molecule has 0 aromatic carbocycles. The number of pyridine rings is 1. The van der Waals surface area contributed by atoms with E-state index in [1.807, 2.05) is 31.2 Å². The van der Waals surface area contributed by atoms with Crippen LogP contribution in [0.1, 0.15) is 18.3 Å². The first-order valence-corrected chi connectivity index (χ1v) is 5.61. The zero-order chi connectivity index (χ0) is 11.3. The minimum Gasteiger partial charge on any atom is -0.397 e. The summed E-state index contributed by atoms with van der Waals surface area (Å²) in [5.41, 5.74) is 8.10. The fourth-order valence-electron chi connectivity index (χ4n) is 1.05. The average molecular weight is 222 g/mol. The second-order valence-electron chi connectivity index (χ2n) is 3.13. The normalized spacial score (nSPS) is 10.8. The van der Waals surface area contributed by atoms with Crippen molar-refractivity contribution in [1.82, 2.24) is 4.98 Å². The molecule has 1 aromatic rings. The van der Waals surface area contributed by atoms with Gasteiger partial charge in [0.1, 0.15) is 0 Å². The third kappa shape index (κ3) is 4.16. The van der Waals surface area contributed by atoms with Crippen molar-refractivity contribution >= 4 is 28.6 Å². The zero-order valence-electron chi connectivity index (χ0n) is 8.86. The fourth-order valence-corrected chi connectivity index (χ4v) is 1.47. The molecule has 80 valence electrons. The van der Waals surface area contributed by atoms with E-state index in [-0.39, 0.29) is 5.12 Å². The fraction of sp³-hybridized carbons (Fsp3) is 0.273. The van der Waals surface area contributed by atoms with Gasteiger partial charge in [-0.25, -0.2) is 0 Å². The van der Waals surface area contributed by atoms with Crippen molar-refractivity contribution in [2.24, 2.45) is 0 Å². The van der Waals surface area contributed by atoms with Crippen molar-refractivity contribution in [3.05, 3.63) is 29.6 Å². The molecule has 0 spiro atoms. The molecule has 0 aliphatic rings. The number of aryl methyl sites for hydroxylation is 1. The molecule has 0 fully saturated rings. The number of aromatic nitrogens is 1. The molecular formula is C11H14N2OS. The summed E-state index contributed by atoms with van der Waals surface area (Å²) in [6.07, 6.45) is 3.74. The van der Waals surface area contributed by atoms with Crippen molar-refractivity contribution in [3.63, 3.8) is 0 Å². The number of anilines is 1. The van der Waals surface area contributed by atoms with E-state index in [0.29, 0.717) is 11.4 Å². The summed E-state index contributed by atoms with van der Waals surface area (Å²) in [5, 5.41) is 0.116. The van der Waals surface area contributed by atoms with Crippen LogP contribution in [0.5, 0.6) is 0 Å². The van der Waals surface area contributed by atoms with Gasteiger partial charge >= 0.3 is 0 Å². The van der Waals surface area contributed by atoms with Crippen LogP contribution in [0.3, 0.4) is 0 Å². The molecule has 1 rings (SSSR count). The lowest BCUT2D eigenvalue weighted by molar-refractivity contribution is -0.109. The first kappa shape index (κ1) is 11.8. The first-order valence-electron chi connectivity index (χ1n) is 4.62. The molecular weight excluding hydrogens is 208 g/mol. The van der Waals surface area contributed by atoms with Crippen LogP contribution in [0, 0.1) is 6.92 Å². The number of hydrogen-bond donors (Lipinski definition) is 1. The van der Waals surface area contributed by atoms with E-state index in [2.05, 4.69) is 4.98 Å². The highest BCUT2D eigenvalue weighted by molar-refractivity contribution is 8.13. The van der Waals surface area contributed by atoms with Crippen LogP contribution in [0.25, 0.3) is 6.08 Å². The van der Waals surface area contributed by atoms with Crippen molar-refractivity contribution in [1.29, 1.82) is 0 Å². The molecule has 1 heterocycles. The molecule has 4 heteroatoms. The molecule has 1 aromatic heterocycles. The molecule has 0 saturated heterocycles. The van der Waals surface area contributed by atoms with Crippen LogP contribution in [0.15, 0.2) is 18.2 Å². The lowest BCUT2D eigenvalue weighted by Gasteiger charge is -2.00. The van der Waals surface area contributed by atoms with Gasteiger partial charge in [-0.05, 0) is 25.1 Å². The Hall–Kier alpha value is -1.29. The molecule has 0 amide bonds. The Balaban J connectivity index is 2.63. The summed E-state index contributed by atoms with van der Waals surface area (Å²) in [4.78, 5) is 14.9. The van der Waals surface area contributed by atoms with Gasteiger partial charge in [0.25, 0.3) is 0 Å². The Morgan fingerprint density at radius 1 is 1.60 bits per heavy atom. The quantitative estimate of drug-likeness (QED) is 0.852. The zero-order valence-corrected chi connectivity index (χ0v) is 9.67. The van der Waals surface area contributed by atoms with Crippen LogP contribution >= 0.6 is 11.8 Å². The number of nitrogens with two attached hydrogens (primary N) is 1. The van der Waals surface area contributed by atoms with Gasteiger partial charge in [-0.15, -0.1) is 0 Å². The summed E-state index contributed by atoms with van der Waals surface area (Å²) in [7, 11) is 0. The number of carbonyl (C=O) groups excluding carboxylic acids is 1. The summed E-state index contributed by atoms with van der Waals surface area (Å²) in [5.74, 6) is 0.657. The number of nitrogen functional groups attached to an aromatic ring is 1. The topological polar surface area (TPSA) is 56.0 Å². The molecule has 3 nitrogen and oxygen atoms in total. The second-order valence-corrected chi connectivity index (χ2v) is 4.33. The highest BCUT2D eigenvalue weighted by Crippen LogP contribution is 2.12. The largest absolute Gasteiger partial charge is 0.397 e. The monoisotopic (exact) mass is 222 g/mol. The smallest absolute Gasteiger partial charge is 0.186 e. The summed E-state index contributed by atoms with van der Waals surface area (Å²) in [6.45, 7) is 3.47. The number of hydrogen-bond acceptors (Lipinski definition) is 4. The molecule has 0 radical (unpaired) electrons. The standard InChI is InChI=1S/C11H14N2OS/c1-8-5-6-10(12)11(13-8)4-3-7-15-9(2)14/h3-6H,7,12H2,1-2H3. The third-order valence-corrected chi connectivity index (χ3v) is 2.52. The van der Waals surface area contributed by atoms with E-state index in [0.717, 1.165) is 11.4 Å². The van der Waals surface area contributed by atoms with E-state index in [4.69, 9.17) is 5.73 Å². The van der Waals surface area contributed by atoms with Gasteiger partial charge < -0.3 is 5.73 Å². The van der Waals surface area contributed by atoms with Crippen LogP contribution in [-0.2, 0) is 4.79 Å². The summed E-state index contributed by atoms with van der Waals surface area (Å²) >= 11 is 1.27. The van der Waals surface area contributed by atoms with E-state index in [1.165, 1.54) is 11.8 Å².